The van der Waals surface area contributed by atoms with Gasteiger partial charge in [-0.15, -0.1) is 0 Å². The quantitative estimate of drug-likeness (QED) is 0.851. The lowest BCUT2D eigenvalue weighted by Gasteiger charge is -2.34. The van der Waals surface area contributed by atoms with Gasteiger partial charge in [0.15, 0.2) is 6.04 Å². The van der Waals surface area contributed by atoms with Crippen molar-refractivity contribution in [2.75, 3.05) is 31.5 Å². The summed E-state index contributed by atoms with van der Waals surface area (Å²) in [7, 11) is 0. The molecule has 1 heterocycles. The molecule has 0 radical (unpaired) electrons. The molecule has 22 heavy (non-hydrogen) atoms. The van der Waals surface area contributed by atoms with Crippen LogP contribution in [0.25, 0.3) is 0 Å². The molecule has 2 amide bonds. The molecule has 1 saturated heterocycles. The number of hydrogen-bond donors (Lipinski definition) is 2. The fourth-order valence-corrected chi connectivity index (χ4v) is 2.73. The number of carbonyl (C=O) groups excluding carboxylic acids is 2. The lowest BCUT2D eigenvalue weighted by Crippen LogP contribution is -3.19. The van der Waals surface area contributed by atoms with Gasteiger partial charge in [0.1, 0.15) is 5.82 Å². The van der Waals surface area contributed by atoms with Gasteiger partial charge in [-0.1, -0.05) is 11.6 Å². The van der Waals surface area contributed by atoms with Crippen molar-refractivity contribution in [3.63, 3.8) is 0 Å². The first-order valence-corrected chi connectivity index (χ1v) is 7.62. The minimum atomic E-state index is -0.515. The number of amides is 2. The zero-order valence-corrected chi connectivity index (χ0v) is 13.4. The van der Waals surface area contributed by atoms with E-state index >= 15 is 0 Å². The van der Waals surface area contributed by atoms with Gasteiger partial charge in [0.2, 0.25) is 5.91 Å². The number of piperazine rings is 1. The summed E-state index contributed by atoms with van der Waals surface area (Å²) in [5.41, 5.74) is 0.477. The largest absolute Gasteiger partial charge is 0.332 e. The number of halogens is 2. The van der Waals surface area contributed by atoms with Crippen LogP contribution in [0, 0.1) is 5.82 Å². The number of anilines is 1. The third-order valence-electron chi connectivity index (χ3n) is 4.04. The first-order valence-electron chi connectivity index (χ1n) is 7.24. The summed E-state index contributed by atoms with van der Waals surface area (Å²) in [4.78, 5) is 26.5. The molecule has 5 nitrogen and oxygen atoms in total. The Balaban J connectivity index is 1.92. The van der Waals surface area contributed by atoms with Gasteiger partial charge < -0.3 is 15.1 Å². The summed E-state index contributed by atoms with van der Waals surface area (Å²) in [6.45, 7) is 6.19. The SMILES string of the molecule is CC(=O)N1CC[NH+]([C@@H](C)C(=O)Nc2ccc(F)c(Cl)c2)CC1. The van der Waals surface area contributed by atoms with Crippen LogP contribution in [-0.2, 0) is 9.59 Å². The third kappa shape index (κ3) is 3.96. The molecule has 0 saturated carbocycles. The molecule has 0 aliphatic carbocycles. The van der Waals surface area contributed by atoms with Gasteiger partial charge in [-0.3, -0.25) is 9.59 Å². The van der Waals surface area contributed by atoms with Crippen LogP contribution in [0.4, 0.5) is 10.1 Å². The molecule has 0 unspecified atom stereocenters. The molecule has 1 aliphatic heterocycles. The van der Waals surface area contributed by atoms with Crippen molar-refractivity contribution in [2.24, 2.45) is 0 Å². The molecular formula is C15H20ClFN3O2+. The van der Waals surface area contributed by atoms with Crippen LogP contribution in [0.1, 0.15) is 13.8 Å². The molecule has 1 aromatic carbocycles. The highest BCUT2D eigenvalue weighted by Gasteiger charge is 2.29. The Labute approximate surface area is 134 Å². The van der Waals surface area contributed by atoms with Gasteiger partial charge in [-0.05, 0) is 25.1 Å². The molecule has 1 aliphatic rings. The van der Waals surface area contributed by atoms with E-state index in [9.17, 15) is 14.0 Å². The Morgan fingerprint density at radius 1 is 1.36 bits per heavy atom. The fourth-order valence-electron chi connectivity index (χ4n) is 2.55. The van der Waals surface area contributed by atoms with Crippen LogP contribution in [0.2, 0.25) is 5.02 Å². The van der Waals surface area contributed by atoms with E-state index in [2.05, 4.69) is 5.32 Å². The number of carbonyl (C=O) groups is 2. The van der Waals surface area contributed by atoms with E-state index in [1.807, 2.05) is 6.92 Å². The predicted molar refractivity (Wildman–Crippen MR) is 82.5 cm³/mol. The van der Waals surface area contributed by atoms with Gasteiger partial charge >= 0.3 is 0 Å². The highest BCUT2D eigenvalue weighted by Crippen LogP contribution is 2.19. The third-order valence-corrected chi connectivity index (χ3v) is 4.33. The maximum Gasteiger partial charge on any atom is 0.282 e. The summed E-state index contributed by atoms with van der Waals surface area (Å²) in [6, 6.07) is 3.85. The van der Waals surface area contributed by atoms with Crippen LogP contribution in [-0.4, -0.2) is 48.9 Å². The van der Waals surface area contributed by atoms with Gasteiger partial charge in [-0.2, -0.15) is 0 Å². The summed E-state index contributed by atoms with van der Waals surface area (Å²) < 4.78 is 13.1. The molecule has 0 aromatic heterocycles. The number of hydrogen-bond acceptors (Lipinski definition) is 2. The maximum atomic E-state index is 13.1. The summed E-state index contributed by atoms with van der Waals surface area (Å²) in [5, 5.41) is 2.73. The zero-order chi connectivity index (χ0) is 16.3. The predicted octanol–water partition coefficient (Wildman–Crippen LogP) is 0.553. The Kier molecular flexibility index (Phi) is 5.37. The van der Waals surface area contributed by atoms with Crippen LogP contribution >= 0.6 is 11.6 Å². The van der Waals surface area contributed by atoms with E-state index in [-0.39, 0.29) is 22.9 Å². The lowest BCUT2D eigenvalue weighted by atomic mass is 10.2. The lowest BCUT2D eigenvalue weighted by molar-refractivity contribution is -0.917. The first-order chi connectivity index (χ1) is 10.4. The number of nitrogens with one attached hydrogen (secondary N) is 2. The minimum Gasteiger partial charge on any atom is -0.332 e. The molecule has 2 rings (SSSR count). The summed E-state index contributed by atoms with van der Waals surface area (Å²) >= 11 is 5.70. The second-order valence-corrected chi connectivity index (χ2v) is 5.91. The van der Waals surface area contributed by atoms with Crippen molar-refractivity contribution in [1.29, 1.82) is 0 Å². The van der Waals surface area contributed by atoms with Crippen molar-refractivity contribution >= 4 is 29.1 Å². The van der Waals surface area contributed by atoms with E-state index in [4.69, 9.17) is 11.6 Å². The molecule has 1 aromatic rings. The van der Waals surface area contributed by atoms with Crippen molar-refractivity contribution in [1.82, 2.24) is 4.90 Å². The second kappa shape index (κ2) is 7.07. The van der Waals surface area contributed by atoms with Gasteiger partial charge in [0, 0.05) is 12.6 Å². The van der Waals surface area contributed by atoms with Crippen molar-refractivity contribution in [3.05, 3.63) is 29.0 Å². The monoisotopic (exact) mass is 328 g/mol. The Morgan fingerprint density at radius 2 is 2.00 bits per heavy atom. The number of rotatable bonds is 3. The number of benzene rings is 1. The normalized spacial score (nSPS) is 17.2. The molecule has 1 fully saturated rings. The highest BCUT2D eigenvalue weighted by atomic mass is 35.5. The molecule has 1 atom stereocenters. The Morgan fingerprint density at radius 3 is 2.55 bits per heavy atom. The van der Waals surface area contributed by atoms with E-state index < -0.39 is 5.82 Å². The average molecular weight is 329 g/mol. The van der Waals surface area contributed by atoms with Crippen molar-refractivity contribution < 1.29 is 18.9 Å². The topological polar surface area (TPSA) is 53.9 Å². The van der Waals surface area contributed by atoms with Gasteiger partial charge in [0.25, 0.3) is 5.91 Å². The molecule has 7 heteroatoms. The Bertz CT molecular complexity index is 574. The van der Waals surface area contributed by atoms with Crippen LogP contribution < -0.4 is 10.2 Å². The van der Waals surface area contributed by atoms with Crippen LogP contribution in [0.15, 0.2) is 18.2 Å². The average Bonchev–Trinajstić information content (AvgIpc) is 2.50. The maximum absolute atomic E-state index is 13.1. The standard InChI is InChI=1S/C15H19ClFN3O2/c1-10(19-5-7-20(8-6-19)11(2)21)15(22)18-12-3-4-14(17)13(16)9-12/h3-4,9-10H,5-8H2,1-2H3,(H,18,22)/p+1/t10-/m0/s1. The molecule has 120 valence electrons. The number of quaternary nitrogens is 1. The van der Waals surface area contributed by atoms with E-state index in [1.54, 1.807) is 11.8 Å². The van der Waals surface area contributed by atoms with E-state index in [0.717, 1.165) is 18.0 Å². The molecule has 0 bridgehead atoms. The zero-order valence-electron chi connectivity index (χ0n) is 12.7. The number of nitrogens with zero attached hydrogens (tertiary/aromatic N) is 1. The second-order valence-electron chi connectivity index (χ2n) is 5.50. The smallest absolute Gasteiger partial charge is 0.282 e. The molecule has 0 spiro atoms. The van der Waals surface area contributed by atoms with Gasteiger partial charge in [-0.25, -0.2) is 4.39 Å². The van der Waals surface area contributed by atoms with Crippen molar-refractivity contribution in [2.45, 2.75) is 19.9 Å². The molecule has 2 N–H and O–H groups in total. The van der Waals surface area contributed by atoms with Crippen molar-refractivity contribution in [3.8, 4) is 0 Å². The summed E-state index contributed by atoms with van der Waals surface area (Å²) in [5.74, 6) is -0.593. The van der Waals surface area contributed by atoms with Crippen LogP contribution in [0.3, 0.4) is 0 Å². The minimum absolute atomic E-state index is 0.0205. The van der Waals surface area contributed by atoms with E-state index in [1.165, 1.54) is 18.2 Å². The Hall–Kier alpha value is -1.66. The van der Waals surface area contributed by atoms with E-state index in [0.29, 0.717) is 18.8 Å². The first kappa shape index (κ1) is 16.7. The molecular weight excluding hydrogens is 309 g/mol. The van der Waals surface area contributed by atoms with Gasteiger partial charge in [0.05, 0.1) is 31.2 Å². The fraction of sp³-hybridized carbons (Fsp3) is 0.467. The van der Waals surface area contributed by atoms with Crippen LogP contribution in [0.5, 0.6) is 0 Å². The highest BCUT2D eigenvalue weighted by molar-refractivity contribution is 6.31. The summed E-state index contributed by atoms with van der Waals surface area (Å²) in [6.07, 6.45) is 0.